The first-order chi connectivity index (χ1) is 12.9. The van der Waals surface area contributed by atoms with Gasteiger partial charge >= 0.3 is 0 Å². The Labute approximate surface area is 158 Å². The van der Waals surface area contributed by atoms with Crippen LogP contribution < -0.4 is 0 Å². The summed E-state index contributed by atoms with van der Waals surface area (Å²) in [6.07, 6.45) is 4.36. The lowest BCUT2D eigenvalue weighted by Gasteiger charge is -2.34. The molecule has 27 heavy (non-hydrogen) atoms. The summed E-state index contributed by atoms with van der Waals surface area (Å²) in [5.74, 6) is -1.82. The monoisotopic (exact) mass is 401 g/mol. The summed E-state index contributed by atoms with van der Waals surface area (Å²) in [6.45, 7) is 3.01. The number of hydrogen-bond donors (Lipinski definition) is 0. The van der Waals surface area contributed by atoms with Crippen LogP contribution in [0.5, 0.6) is 0 Å². The van der Waals surface area contributed by atoms with Crippen LogP contribution in [0.4, 0.5) is 8.78 Å². The highest BCUT2D eigenvalue weighted by molar-refractivity contribution is 7.89. The maximum atomic E-state index is 13.9. The summed E-state index contributed by atoms with van der Waals surface area (Å²) >= 11 is 0. The zero-order chi connectivity index (χ0) is 19.4. The Balaban J connectivity index is 1.57. The molecule has 0 spiro atoms. The molecular weight excluding hydrogens is 376 g/mol. The number of likely N-dealkylation sites (tertiary alicyclic amines) is 1. The molecule has 2 aliphatic heterocycles. The van der Waals surface area contributed by atoms with E-state index in [0.717, 1.165) is 50.9 Å². The van der Waals surface area contributed by atoms with Crippen LogP contribution in [-0.2, 0) is 14.8 Å². The summed E-state index contributed by atoms with van der Waals surface area (Å²) in [6, 6.07) is 2.46. The van der Waals surface area contributed by atoms with Gasteiger partial charge in [-0.15, -0.1) is 0 Å². The molecule has 0 unspecified atom stereocenters. The van der Waals surface area contributed by atoms with Gasteiger partial charge < -0.3 is 4.90 Å². The van der Waals surface area contributed by atoms with Crippen molar-refractivity contribution < 1.29 is 22.0 Å². The Morgan fingerprint density at radius 2 is 1.56 bits per heavy atom. The van der Waals surface area contributed by atoms with E-state index in [1.54, 1.807) is 0 Å². The number of nitrogens with zero attached hydrogens (tertiary/aromatic N) is 3. The SMILES string of the molecule is O=C(CN1CCN(S(=O)(=O)c2ccc(F)cc2F)CC1)N1CCCCCC1. The second-order valence-corrected chi connectivity index (χ2v) is 8.96. The van der Waals surface area contributed by atoms with E-state index in [-0.39, 0.29) is 25.5 Å². The molecule has 0 saturated carbocycles. The highest BCUT2D eigenvalue weighted by atomic mass is 32.2. The van der Waals surface area contributed by atoms with Crippen LogP contribution in [0.15, 0.2) is 23.1 Å². The third-order valence-electron chi connectivity index (χ3n) is 5.16. The van der Waals surface area contributed by atoms with Crippen LogP contribution in [0.2, 0.25) is 0 Å². The van der Waals surface area contributed by atoms with Crippen molar-refractivity contribution in [3.05, 3.63) is 29.8 Å². The first-order valence-corrected chi connectivity index (χ1v) is 10.8. The van der Waals surface area contributed by atoms with Crippen molar-refractivity contribution >= 4 is 15.9 Å². The Morgan fingerprint density at radius 3 is 2.15 bits per heavy atom. The van der Waals surface area contributed by atoms with Gasteiger partial charge in [0.15, 0.2) is 0 Å². The van der Waals surface area contributed by atoms with E-state index < -0.39 is 26.6 Å². The average Bonchev–Trinajstić information content (AvgIpc) is 2.91. The first kappa shape index (κ1) is 20.2. The van der Waals surface area contributed by atoms with Gasteiger partial charge in [0.05, 0.1) is 6.54 Å². The average molecular weight is 401 g/mol. The van der Waals surface area contributed by atoms with Gasteiger partial charge in [0.2, 0.25) is 15.9 Å². The molecule has 3 rings (SSSR count). The fourth-order valence-corrected chi connectivity index (χ4v) is 5.03. The van der Waals surface area contributed by atoms with Crippen LogP contribution in [0.25, 0.3) is 0 Å². The molecule has 0 aromatic heterocycles. The molecule has 1 amide bonds. The van der Waals surface area contributed by atoms with Gasteiger partial charge in [-0.3, -0.25) is 9.69 Å². The molecule has 150 valence electrons. The van der Waals surface area contributed by atoms with E-state index in [9.17, 15) is 22.0 Å². The maximum absolute atomic E-state index is 13.9. The predicted octanol–water partition coefficient (Wildman–Crippen LogP) is 1.67. The second kappa shape index (κ2) is 8.62. The summed E-state index contributed by atoms with van der Waals surface area (Å²) < 4.78 is 53.3. The molecule has 2 aliphatic rings. The third-order valence-corrected chi connectivity index (χ3v) is 7.09. The predicted molar refractivity (Wildman–Crippen MR) is 96.6 cm³/mol. The molecule has 2 saturated heterocycles. The van der Waals surface area contributed by atoms with Crippen LogP contribution in [0.3, 0.4) is 0 Å². The molecule has 2 fully saturated rings. The van der Waals surface area contributed by atoms with E-state index in [0.29, 0.717) is 19.2 Å². The fourth-order valence-electron chi connectivity index (χ4n) is 3.56. The lowest BCUT2D eigenvalue weighted by Crippen LogP contribution is -2.51. The van der Waals surface area contributed by atoms with Crippen molar-refractivity contribution in [1.82, 2.24) is 14.1 Å². The second-order valence-electron chi connectivity index (χ2n) is 7.05. The fraction of sp³-hybridized carbons (Fsp3) is 0.611. The number of carbonyl (C=O) groups is 1. The Hall–Kier alpha value is -1.58. The molecule has 0 N–H and O–H groups in total. The Bertz CT molecular complexity index is 772. The summed E-state index contributed by atoms with van der Waals surface area (Å²) in [4.78, 5) is 15.8. The van der Waals surface area contributed by atoms with E-state index in [1.165, 1.54) is 4.31 Å². The topological polar surface area (TPSA) is 60.9 Å². The van der Waals surface area contributed by atoms with Gasteiger partial charge in [-0.2, -0.15) is 4.31 Å². The molecule has 2 heterocycles. The standard InChI is InChI=1S/C18H25F2N3O3S/c19-15-5-6-17(16(20)13-15)27(25,26)23-11-9-21(10-12-23)14-18(24)22-7-3-1-2-4-8-22/h5-6,13H,1-4,7-12,14H2. The van der Waals surface area contributed by atoms with Crippen LogP contribution in [0, 0.1) is 11.6 Å². The minimum Gasteiger partial charge on any atom is -0.342 e. The van der Waals surface area contributed by atoms with Gasteiger partial charge in [0.25, 0.3) is 0 Å². The normalized spacial score (nSPS) is 20.4. The summed E-state index contributed by atoms with van der Waals surface area (Å²) in [7, 11) is -4.02. The molecule has 9 heteroatoms. The number of piperazine rings is 1. The number of sulfonamides is 1. The smallest absolute Gasteiger partial charge is 0.246 e. The number of rotatable bonds is 4. The van der Waals surface area contributed by atoms with Gasteiger partial charge in [0.1, 0.15) is 16.5 Å². The molecule has 1 aromatic carbocycles. The van der Waals surface area contributed by atoms with Crippen LogP contribution in [0.1, 0.15) is 25.7 Å². The number of halogens is 2. The number of hydrogen-bond acceptors (Lipinski definition) is 4. The largest absolute Gasteiger partial charge is 0.342 e. The highest BCUT2D eigenvalue weighted by Gasteiger charge is 2.31. The minimum absolute atomic E-state index is 0.0813. The molecular formula is C18H25F2N3O3S. The third kappa shape index (κ3) is 4.83. The van der Waals surface area contributed by atoms with Gasteiger partial charge in [-0.05, 0) is 25.0 Å². The minimum atomic E-state index is -4.02. The molecule has 1 aromatic rings. The zero-order valence-corrected chi connectivity index (χ0v) is 16.1. The van der Waals surface area contributed by atoms with E-state index >= 15 is 0 Å². The number of carbonyl (C=O) groups excluding carboxylic acids is 1. The van der Waals surface area contributed by atoms with E-state index in [2.05, 4.69) is 0 Å². The molecule has 0 atom stereocenters. The summed E-state index contributed by atoms with van der Waals surface area (Å²) in [5, 5.41) is 0. The van der Waals surface area contributed by atoms with Gasteiger partial charge in [-0.25, -0.2) is 17.2 Å². The summed E-state index contributed by atoms with van der Waals surface area (Å²) in [5.41, 5.74) is 0. The quantitative estimate of drug-likeness (QED) is 0.770. The van der Waals surface area contributed by atoms with Gasteiger partial charge in [-0.1, -0.05) is 12.8 Å². The van der Waals surface area contributed by atoms with Crippen molar-refractivity contribution in [1.29, 1.82) is 0 Å². The Morgan fingerprint density at radius 1 is 0.926 bits per heavy atom. The van der Waals surface area contributed by atoms with E-state index in [4.69, 9.17) is 0 Å². The lowest BCUT2D eigenvalue weighted by molar-refractivity contribution is -0.132. The number of amides is 1. The Kier molecular flexibility index (Phi) is 6.44. The van der Waals surface area contributed by atoms with Gasteiger partial charge in [0, 0.05) is 45.3 Å². The first-order valence-electron chi connectivity index (χ1n) is 9.33. The maximum Gasteiger partial charge on any atom is 0.246 e. The van der Waals surface area contributed by atoms with E-state index in [1.807, 2.05) is 9.80 Å². The lowest BCUT2D eigenvalue weighted by atomic mass is 10.2. The molecule has 0 radical (unpaired) electrons. The molecule has 6 nitrogen and oxygen atoms in total. The van der Waals surface area contributed by atoms with Crippen molar-refractivity contribution in [2.45, 2.75) is 30.6 Å². The van der Waals surface area contributed by atoms with Crippen molar-refractivity contribution in [2.24, 2.45) is 0 Å². The van der Waals surface area contributed by atoms with Crippen molar-refractivity contribution in [2.75, 3.05) is 45.8 Å². The van der Waals surface area contributed by atoms with Crippen LogP contribution in [-0.4, -0.2) is 74.2 Å². The van der Waals surface area contributed by atoms with Crippen molar-refractivity contribution in [3.8, 4) is 0 Å². The van der Waals surface area contributed by atoms with Crippen molar-refractivity contribution in [3.63, 3.8) is 0 Å². The number of benzene rings is 1. The highest BCUT2D eigenvalue weighted by Crippen LogP contribution is 2.21. The van der Waals surface area contributed by atoms with Crippen LogP contribution >= 0.6 is 0 Å². The zero-order valence-electron chi connectivity index (χ0n) is 15.2. The molecule has 0 aliphatic carbocycles. The molecule has 0 bridgehead atoms.